The monoisotopic (exact) mass is 200 g/mol. The van der Waals surface area contributed by atoms with Gasteiger partial charge in [-0.25, -0.2) is 0 Å². The van der Waals surface area contributed by atoms with Crippen LogP contribution in [0.25, 0.3) is 0 Å². The number of likely N-dealkylation sites (N-methyl/N-ethyl adjacent to an activating group) is 1. The van der Waals surface area contributed by atoms with Gasteiger partial charge in [0.2, 0.25) is 0 Å². The molecule has 1 rings (SSSR count). The number of rotatable bonds is 4. The summed E-state index contributed by atoms with van der Waals surface area (Å²) < 4.78 is 0. The lowest BCUT2D eigenvalue weighted by molar-refractivity contribution is 0.00771. The van der Waals surface area contributed by atoms with Gasteiger partial charge in [0.25, 0.3) is 0 Å². The molecule has 3 nitrogen and oxygen atoms in total. The third kappa shape index (κ3) is 3.56. The van der Waals surface area contributed by atoms with Crippen molar-refractivity contribution < 1.29 is 5.11 Å². The van der Waals surface area contributed by atoms with Gasteiger partial charge in [0.15, 0.2) is 0 Å². The molecule has 2 atom stereocenters. The first-order valence-electron chi connectivity index (χ1n) is 5.69. The molecule has 1 saturated heterocycles. The van der Waals surface area contributed by atoms with Gasteiger partial charge in [-0.2, -0.15) is 0 Å². The zero-order valence-corrected chi connectivity index (χ0v) is 9.71. The van der Waals surface area contributed by atoms with Crippen LogP contribution in [0.1, 0.15) is 33.1 Å². The van der Waals surface area contributed by atoms with E-state index < -0.39 is 5.60 Å². The summed E-state index contributed by atoms with van der Waals surface area (Å²) >= 11 is 0. The standard InChI is InChI=1S/C11H24N2O/c1-4-11(2,14)9-13-7-5-6-10(8-13)12-3/h10,12,14H,4-9H2,1-3H3. The van der Waals surface area contributed by atoms with Crippen molar-refractivity contribution in [3.63, 3.8) is 0 Å². The van der Waals surface area contributed by atoms with Gasteiger partial charge in [0, 0.05) is 19.1 Å². The van der Waals surface area contributed by atoms with E-state index in [0.29, 0.717) is 6.04 Å². The Morgan fingerprint density at radius 3 is 2.86 bits per heavy atom. The molecule has 2 unspecified atom stereocenters. The molecule has 14 heavy (non-hydrogen) atoms. The van der Waals surface area contributed by atoms with Gasteiger partial charge in [0.1, 0.15) is 0 Å². The van der Waals surface area contributed by atoms with Gasteiger partial charge in [-0.15, -0.1) is 0 Å². The van der Waals surface area contributed by atoms with Crippen LogP contribution in [0.4, 0.5) is 0 Å². The van der Waals surface area contributed by atoms with Crippen LogP contribution in [-0.4, -0.2) is 48.3 Å². The molecule has 2 N–H and O–H groups in total. The fourth-order valence-electron chi connectivity index (χ4n) is 2.03. The van der Waals surface area contributed by atoms with Gasteiger partial charge < -0.3 is 10.4 Å². The van der Waals surface area contributed by atoms with Crippen LogP contribution in [-0.2, 0) is 0 Å². The predicted molar refractivity (Wildman–Crippen MR) is 59.4 cm³/mol. The largest absolute Gasteiger partial charge is 0.389 e. The summed E-state index contributed by atoms with van der Waals surface area (Å²) in [6, 6.07) is 0.608. The molecular weight excluding hydrogens is 176 g/mol. The Morgan fingerprint density at radius 2 is 2.29 bits per heavy atom. The van der Waals surface area contributed by atoms with Crippen molar-refractivity contribution in [2.24, 2.45) is 0 Å². The SMILES string of the molecule is CCC(C)(O)CN1CCCC(NC)C1. The summed E-state index contributed by atoms with van der Waals surface area (Å²) in [7, 11) is 2.02. The molecule has 1 heterocycles. The highest BCUT2D eigenvalue weighted by Gasteiger charge is 2.25. The average molecular weight is 200 g/mol. The van der Waals surface area contributed by atoms with E-state index in [1.165, 1.54) is 12.8 Å². The van der Waals surface area contributed by atoms with E-state index in [-0.39, 0.29) is 0 Å². The Bertz CT molecular complexity index is 171. The predicted octanol–water partition coefficient (Wildman–Crippen LogP) is 0.831. The molecule has 0 aromatic rings. The number of nitrogens with zero attached hydrogens (tertiary/aromatic N) is 1. The van der Waals surface area contributed by atoms with Crippen LogP contribution in [0.5, 0.6) is 0 Å². The molecule has 0 aromatic carbocycles. The fraction of sp³-hybridized carbons (Fsp3) is 1.00. The molecule has 0 aromatic heterocycles. The normalized spacial score (nSPS) is 28.7. The van der Waals surface area contributed by atoms with Crippen molar-refractivity contribution in [1.29, 1.82) is 0 Å². The molecule has 0 amide bonds. The summed E-state index contributed by atoms with van der Waals surface area (Å²) in [5, 5.41) is 13.3. The third-order valence-electron chi connectivity index (χ3n) is 3.24. The number of β-amino-alcohol motifs (C(OH)–C–C–N with tert-alkyl or cyclic N) is 1. The maximum Gasteiger partial charge on any atom is 0.0743 e. The van der Waals surface area contributed by atoms with E-state index in [4.69, 9.17) is 0 Å². The zero-order valence-electron chi connectivity index (χ0n) is 9.71. The molecule has 84 valence electrons. The number of aliphatic hydroxyl groups is 1. The molecule has 3 heteroatoms. The van der Waals surface area contributed by atoms with Crippen molar-refractivity contribution in [3.05, 3.63) is 0 Å². The van der Waals surface area contributed by atoms with E-state index in [1.807, 2.05) is 20.9 Å². The minimum Gasteiger partial charge on any atom is -0.389 e. The van der Waals surface area contributed by atoms with Gasteiger partial charge in [-0.3, -0.25) is 4.90 Å². The number of hydrogen-bond acceptors (Lipinski definition) is 3. The van der Waals surface area contributed by atoms with Crippen molar-refractivity contribution in [3.8, 4) is 0 Å². The average Bonchev–Trinajstić information content (AvgIpc) is 2.17. The minimum absolute atomic E-state index is 0.518. The molecule has 0 bridgehead atoms. The van der Waals surface area contributed by atoms with Crippen molar-refractivity contribution in [1.82, 2.24) is 10.2 Å². The third-order valence-corrected chi connectivity index (χ3v) is 3.24. The second kappa shape index (κ2) is 5.10. The first-order valence-corrected chi connectivity index (χ1v) is 5.69. The highest BCUT2D eigenvalue weighted by atomic mass is 16.3. The molecule has 1 fully saturated rings. The lowest BCUT2D eigenvalue weighted by Crippen LogP contribution is -2.49. The second-order valence-electron chi connectivity index (χ2n) is 4.71. The number of piperidine rings is 1. The number of nitrogens with one attached hydrogen (secondary N) is 1. The molecule has 0 saturated carbocycles. The van der Waals surface area contributed by atoms with Crippen molar-refractivity contribution >= 4 is 0 Å². The molecule has 0 aliphatic carbocycles. The lowest BCUT2D eigenvalue weighted by Gasteiger charge is -2.36. The highest BCUT2D eigenvalue weighted by Crippen LogP contribution is 2.15. The fourth-order valence-corrected chi connectivity index (χ4v) is 2.03. The van der Waals surface area contributed by atoms with Gasteiger partial charge in [-0.05, 0) is 39.8 Å². The van der Waals surface area contributed by atoms with Crippen molar-refractivity contribution in [2.75, 3.05) is 26.7 Å². The first kappa shape index (κ1) is 12.0. The highest BCUT2D eigenvalue weighted by molar-refractivity contribution is 4.82. The van der Waals surface area contributed by atoms with E-state index in [0.717, 1.165) is 26.1 Å². The molecular formula is C11H24N2O. The van der Waals surface area contributed by atoms with Crippen LogP contribution in [0.2, 0.25) is 0 Å². The quantitative estimate of drug-likeness (QED) is 0.705. The topological polar surface area (TPSA) is 35.5 Å². The Kier molecular flexibility index (Phi) is 4.35. The molecule has 1 aliphatic rings. The smallest absolute Gasteiger partial charge is 0.0743 e. The number of likely N-dealkylation sites (tertiary alicyclic amines) is 1. The van der Waals surface area contributed by atoms with Crippen LogP contribution in [0, 0.1) is 0 Å². The maximum absolute atomic E-state index is 9.97. The van der Waals surface area contributed by atoms with Gasteiger partial charge in [0.05, 0.1) is 5.60 Å². The zero-order chi connectivity index (χ0) is 10.6. The molecule has 1 aliphatic heterocycles. The molecule has 0 radical (unpaired) electrons. The van der Waals surface area contributed by atoms with Crippen LogP contribution < -0.4 is 5.32 Å². The van der Waals surface area contributed by atoms with Crippen LogP contribution in [0.3, 0.4) is 0 Å². The molecule has 0 spiro atoms. The van der Waals surface area contributed by atoms with E-state index in [2.05, 4.69) is 10.2 Å². The van der Waals surface area contributed by atoms with Crippen LogP contribution >= 0.6 is 0 Å². The van der Waals surface area contributed by atoms with Crippen molar-refractivity contribution in [2.45, 2.75) is 44.8 Å². The lowest BCUT2D eigenvalue weighted by atomic mass is 9.99. The Labute approximate surface area is 87.5 Å². The van der Waals surface area contributed by atoms with Gasteiger partial charge in [-0.1, -0.05) is 6.92 Å². The minimum atomic E-state index is -0.518. The summed E-state index contributed by atoms with van der Waals surface area (Å²) in [6.07, 6.45) is 3.33. The second-order valence-corrected chi connectivity index (χ2v) is 4.71. The summed E-state index contributed by atoms with van der Waals surface area (Å²) in [6.45, 7) is 6.98. The first-order chi connectivity index (χ1) is 6.57. The van der Waals surface area contributed by atoms with E-state index >= 15 is 0 Å². The van der Waals surface area contributed by atoms with E-state index in [1.54, 1.807) is 0 Å². The number of hydrogen-bond donors (Lipinski definition) is 2. The Morgan fingerprint density at radius 1 is 1.57 bits per heavy atom. The summed E-state index contributed by atoms with van der Waals surface area (Å²) in [4.78, 5) is 2.37. The Hall–Kier alpha value is -0.120. The Balaban J connectivity index is 2.37. The maximum atomic E-state index is 9.97. The summed E-state index contributed by atoms with van der Waals surface area (Å²) in [5.74, 6) is 0. The van der Waals surface area contributed by atoms with E-state index in [9.17, 15) is 5.11 Å². The summed E-state index contributed by atoms with van der Waals surface area (Å²) in [5.41, 5.74) is -0.518. The van der Waals surface area contributed by atoms with Gasteiger partial charge >= 0.3 is 0 Å². The van der Waals surface area contributed by atoms with Crippen LogP contribution in [0.15, 0.2) is 0 Å².